The van der Waals surface area contributed by atoms with Crippen LogP contribution in [0.2, 0.25) is 0 Å². The molecule has 3 aromatic carbocycles. The predicted molar refractivity (Wildman–Crippen MR) is 134 cm³/mol. The highest BCUT2D eigenvalue weighted by Crippen LogP contribution is 2.23. The minimum atomic E-state index is -3.90. The average molecular weight is 477 g/mol. The normalized spacial score (nSPS) is 11.5. The van der Waals surface area contributed by atoms with Gasteiger partial charge < -0.3 is 5.32 Å². The lowest BCUT2D eigenvalue weighted by Gasteiger charge is -2.11. The summed E-state index contributed by atoms with van der Waals surface area (Å²) in [5.41, 5.74) is 6.24. The fraction of sp³-hybridized carbons (Fsp3) is 0.231. The summed E-state index contributed by atoms with van der Waals surface area (Å²) in [5, 5.41) is 2.61. The van der Waals surface area contributed by atoms with Crippen LogP contribution >= 0.6 is 0 Å². The van der Waals surface area contributed by atoms with E-state index in [4.69, 9.17) is 4.98 Å². The van der Waals surface area contributed by atoms with E-state index in [2.05, 4.69) is 46.7 Å². The minimum absolute atomic E-state index is 0.0532. The number of carbonyl (C=O) groups excluding carboxylic acids is 1. The number of urea groups is 1. The van der Waals surface area contributed by atoms with E-state index in [0.29, 0.717) is 13.0 Å². The molecule has 0 aliphatic rings. The first kappa shape index (κ1) is 23.5. The van der Waals surface area contributed by atoms with Crippen molar-refractivity contribution in [2.24, 2.45) is 0 Å². The van der Waals surface area contributed by atoms with E-state index in [-0.39, 0.29) is 4.90 Å². The topological polar surface area (TPSA) is 93.1 Å². The number of sulfonamides is 1. The first-order chi connectivity index (χ1) is 16.3. The van der Waals surface area contributed by atoms with Gasteiger partial charge in [-0.05, 0) is 67.8 Å². The molecule has 4 aromatic rings. The molecule has 34 heavy (non-hydrogen) atoms. The van der Waals surface area contributed by atoms with Gasteiger partial charge in [0.2, 0.25) is 0 Å². The molecule has 176 valence electrons. The third kappa shape index (κ3) is 5.12. The van der Waals surface area contributed by atoms with E-state index < -0.39 is 16.1 Å². The quantitative estimate of drug-likeness (QED) is 0.413. The zero-order chi connectivity index (χ0) is 24.3. The monoisotopic (exact) mass is 476 g/mol. The average Bonchev–Trinajstić information content (AvgIpc) is 3.17. The molecule has 0 saturated heterocycles. The van der Waals surface area contributed by atoms with Crippen LogP contribution in [-0.2, 0) is 22.9 Å². The molecule has 0 unspecified atom stereocenters. The van der Waals surface area contributed by atoms with Gasteiger partial charge in [-0.1, -0.05) is 42.8 Å². The molecule has 2 amide bonds. The number of fused-ring (bicyclic) bond motifs is 1. The predicted octanol–water partition coefficient (Wildman–Crippen LogP) is 4.44. The number of hydrogen-bond acceptors (Lipinski definition) is 4. The van der Waals surface area contributed by atoms with Crippen LogP contribution in [-0.4, -0.2) is 30.5 Å². The summed E-state index contributed by atoms with van der Waals surface area (Å²) in [4.78, 5) is 16.9. The van der Waals surface area contributed by atoms with Crippen LogP contribution in [0, 0.1) is 13.8 Å². The highest BCUT2D eigenvalue weighted by atomic mass is 32.2. The molecule has 4 rings (SSSR count). The van der Waals surface area contributed by atoms with Crippen molar-refractivity contribution < 1.29 is 13.2 Å². The Kier molecular flexibility index (Phi) is 6.70. The lowest BCUT2D eigenvalue weighted by molar-refractivity contribution is 0.246. The summed E-state index contributed by atoms with van der Waals surface area (Å²) in [7, 11) is -3.90. The third-order valence-corrected chi connectivity index (χ3v) is 6.99. The molecule has 0 fully saturated rings. The Bertz CT molecular complexity index is 1420. The molecule has 0 spiro atoms. The van der Waals surface area contributed by atoms with Gasteiger partial charge in [-0.25, -0.2) is 22.9 Å². The van der Waals surface area contributed by atoms with Crippen LogP contribution in [0.4, 0.5) is 4.79 Å². The zero-order valence-electron chi connectivity index (χ0n) is 19.5. The van der Waals surface area contributed by atoms with Crippen molar-refractivity contribution >= 4 is 27.1 Å². The first-order valence-corrected chi connectivity index (χ1v) is 12.7. The number of nitrogens with zero attached hydrogens (tertiary/aromatic N) is 2. The number of amides is 2. The van der Waals surface area contributed by atoms with Gasteiger partial charge in [0.05, 0.1) is 15.9 Å². The van der Waals surface area contributed by atoms with Gasteiger partial charge in [0, 0.05) is 18.7 Å². The van der Waals surface area contributed by atoms with Crippen LogP contribution in [0.25, 0.3) is 16.7 Å². The Hall–Kier alpha value is -3.65. The molecule has 0 aliphatic heterocycles. The van der Waals surface area contributed by atoms with Crippen molar-refractivity contribution in [3.8, 4) is 5.69 Å². The van der Waals surface area contributed by atoms with Crippen LogP contribution in [0.1, 0.15) is 29.4 Å². The van der Waals surface area contributed by atoms with E-state index in [1.165, 1.54) is 17.7 Å². The molecule has 0 radical (unpaired) electrons. The molecule has 1 heterocycles. The van der Waals surface area contributed by atoms with Crippen molar-refractivity contribution in [3.05, 3.63) is 89.2 Å². The Morgan fingerprint density at radius 3 is 2.29 bits per heavy atom. The summed E-state index contributed by atoms with van der Waals surface area (Å²) in [6.45, 7) is 6.33. The van der Waals surface area contributed by atoms with Crippen LogP contribution in [0.3, 0.4) is 0 Å². The third-order valence-electron chi connectivity index (χ3n) is 5.65. The molecular weight excluding hydrogens is 448 g/mol. The zero-order valence-corrected chi connectivity index (χ0v) is 20.3. The Morgan fingerprint density at radius 2 is 1.62 bits per heavy atom. The summed E-state index contributed by atoms with van der Waals surface area (Å²) in [6.07, 6.45) is 1.39. The maximum Gasteiger partial charge on any atom is 0.328 e. The van der Waals surface area contributed by atoms with Crippen molar-refractivity contribution in [1.29, 1.82) is 0 Å². The molecule has 1 aromatic heterocycles. The van der Waals surface area contributed by atoms with E-state index in [1.54, 1.807) is 12.1 Å². The molecule has 8 heteroatoms. The highest BCUT2D eigenvalue weighted by molar-refractivity contribution is 7.90. The molecular formula is C26H28N4O3S. The van der Waals surface area contributed by atoms with Gasteiger partial charge in [-0.3, -0.25) is 4.57 Å². The van der Waals surface area contributed by atoms with Gasteiger partial charge >= 0.3 is 6.03 Å². The summed E-state index contributed by atoms with van der Waals surface area (Å²) >= 11 is 0. The van der Waals surface area contributed by atoms with Gasteiger partial charge in [-0.15, -0.1) is 0 Å². The van der Waals surface area contributed by atoms with Gasteiger partial charge in [0.25, 0.3) is 10.0 Å². The van der Waals surface area contributed by atoms with Crippen LogP contribution < -0.4 is 10.0 Å². The maximum absolute atomic E-state index is 12.3. The van der Waals surface area contributed by atoms with Crippen molar-refractivity contribution in [3.63, 3.8) is 0 Å². The summed E-state index contributed by atoms with van der Waals surface area (Å²) in [5.74, 6) is 1.00. The minimum Gasteiger partial charge on any atom is -0.337 e. The van der Waals surface area contributed by atoms with Crippen molar-refractivity contribution in [1.82, 2.24) is 19.6 Å². The number of carbonyl (C=O) groups is 1. The SMILES string of the molecule is CCc1nc2cc(C)ccc2n1-c1ccc(CCNC(=O)NS(=O)(=O)c2ccc(C)cc2)cc1. The molecule has 0 bridgehead atoms. The number of aryl methyl sites for hydroxylation is 3. The molecule has 0 aliphatic carbocycles. The number of aromatic nitrogens is 2. The highest BCUT2D eigenvalue weighted by Gasteiger charge is 2.17. The largest absolute Gasteiger partial charge is 0.337 e. The lowest BCUT2D eigenvalue weighted by Crippen LogP contribution is -2.40. The smallest absolute Gasteiger partial charge is 0.328 e. The van der Waals surface area contributed by atoms with Gasteiger partial charge in [-0.2, -0.15) is 0 Å². The van der Waals surface area contributed by atoms with Gasteiger partial charge in [0.15, 0.2) is 0 Å². The number of nitrogens with one attached hydrogen (secondary N) is 2. The number of hydrogen-bond donors (Lipinski definition) is 2. The fourth-order valence-electron chi connectivity index (χ4n) is 3.83. The number of imidazole rings is 1. The summed E-state index contributed by atoms with van der Waals surface area (Å²) in [6, 6.07) is 20.0. The van der Waals surface area contributed by atoms with E-state index in [1.807, 2.05) is 31.2 Å². The second-order valence-electron chi connectivity index (χ2n) is 8.30. The second kappa shape index (κ2) is 9.69. The van der Waals surface area contributed by atoms with E-state index in [0.717, 1.165) is 40.1 Å². The Labute approximate surface area is 199 Å². The standard InChI is InChI=1S/C26H28N4O3S/c1-4-25-28-23-17-19(3)7-14-24(23)30(25)21-10-8-20(9-11-21)15-16-27-26(31)29-34(32,33)22-12-5-18(2)6-13-22/h5-14,17H,4,15-16H2,1-3H3,(H2,27,29,31). The van der Waals surface area contributed by atoms with Crippen LogP contribution in [0.5, 0.6) is 0 Å². The maximum atomic E-state index is 12.3. The molecule has 0 saturated carbocycles. The first-order valence-electron chi connectivity index (χ1n) is 11.2. The van der Waals surface area contributed by atoms with Gasteiger partial charge in [0.1, 0.15) is 5.82 Å². The number of rotatable bonds is 7. The lowest BCUT2D eigenvalue weighted by atomic mass is 10.1. The van der Waals surface area contributed by atoms with Crippen LogP contribution in [0.15, 0.2) is 71.6 Å². The molecule has 2 N–H and O–H groups in total. The summed E-state index contributed by atoms with van der Waals surface area (Å²) < 4.78 is 28.9. The second-order valence-corrected chi connectivity index (χ2v) is 9.98. The van der Waals surface area contributed by atoms with E-state index in [9.17, 15) is 13.2 Å². The molecule has 0 atom stereocenters. The number of benzene rings is 3. The van der Waals surface area contributed by atoms with Crippen molar-refractivity contribution in [2.45, 2.75) is 38.5 Å². The Morgan fingerprint density at radius 1 is 0.941 bits per heavy atom. The van der Waals surface area contributed by atoms with E-state index >= 15 is 0 Å². The van der Waals surface area contributed by atoms with Crippen molar-refractivity contribution in [2.75, 3.05) is 6.54 Å². The fourth-order valence-corrected chi connectivity index (χ4v) is 4.76. The molecule has 7 nitrogen and oxygen atoms in total. The Balaban J connectivity index is 1.38.